The van der Waals surface area contributed by atoms with Gasteiger partial charge in [0.15, 0.2) is 0 Å². The molecular formula is C15H22BFN2O2. The minimum atomic E-state index is -0.507. The lowest BCUT2D eigenvalue weighted by atomic mass is 9.77. The first-order valence-electron chi connectivity index (χ1n) is 7.05. The smallest absolute Gasteiger partial charge is 0.400 e. The van der Waals surface area contributed by atoms with Gasteiger partial charge in [0.1, 0.15) is 5.82 Å². The van der Waals surface area contributed by atoms with E-state index in [1.165, 1.54) is 6.07 Å². The number of aryl methyl sites for hydroxylation is 1. The Morgan fingerprint density at radius 1 is 1.29 bits per heavy atom. The maximum atomic E-state index is 13.3. The zero-order valence-electron chi connectivity index (χ0n) is 13.2. The van der Waals surface area contributed by atoms with Crippen LogP contribution in [0.2, 0.25) is 0 Å². The number of hydrogen-bond acceptors (Lipinski definition) is 4. The maximum absolute atomic E-state index is 13.3. The van der Waals surface area contributed by atoms with Crippen LogP contribution in [0.4, 0.5) is 4.39 Å². The van der Waals surface area contributed by atoms with Gasteiger partial charge in [0, 0.05) is 6.54 Å². The second-order valence-corrected chi connectivity index (χ2v) is 6.31. The summed E-state index contributed by atoms with van der Waals surface area (Å²) in [5, 5.41) is 0. The van der Waals surface area contributed by atoms with E-state index in [0.717, 1.165) is 5.47 Å². The van der Waals surface area contributed by atoms with Gasteiger partial charge in [-0.3, -0.25) is 4.98 Å². The monoisotopic (exact) mass is 292 g/mol. The van der Waals surface area contributed by atoms with Crippen molar-refractivity contribution >= 4 is 13.2 Å². The van der Waals surface area contributed by atoms with Crippen molar-refractivity contribution in [2.24, 2.45) is 5.73 Å². The van der Waals surface area contributed by atoms with E-state index < -0.39 is 18.3 Å². The van der Waals surface area contributed by atoms with E-state index in [4.69, 9.17) is 15.0 Å². The van der Waals surface area contributed by atoms with Gasteiger partial charge in [-0.05, 0) is 58.3 Å². The third-order valence-electron chi connectivity index (χ3n) is 4.17. The van der Waals surface area contributed by atoms with Crippen LogP contribution in [-0.2, 0) is 9.31 Å². The molecule has 4 nitrogen and oxygen atoms in total. The Morgan fingerprint density at radius 2 is 1.86 bits per heavy atom. The van der Waals surface area contributed by atoms with Gasteiger partial charge in [-0.2, -0.15) is 0 Å². The molecule has 1 aromatic heterocycles. The Balaban J connectivity index is 2.28. The molecule has 1 aromatic rings. The fourth-order valence-corrected chi connectivity index (χ4v) is 2.05. The number of nitrogens with two attached hydrogens (primary N) is 1. The number of hydrogen-bond donors (Lipinski definition) is 1. The van der Waals surface area contributed by atoms with E-state index in [2.05, 4.69) is 4.98 Å². The molecule has 0 aromatic carbocycles. The quantitative estimate of drug-likeness (QED) is 0.870. The first-order chi connectivity index (χ1) is 9.66. The fourth-order valence-electron chi connectivity index (χ4n) is 2.05. The molecule has 0 amide bonds. The molecular weight excluding hydrogens is 270 g/mol. The Hall–Kier alpha value is -1.24. The normalized spacial score (nSPS) is 20.9. The molecule has 0 saturated carbocycles. The fraction of sp³-hybridized carbons (Fsp3) is 0.533. The molecule has 1 fully saturated rings. The van der Waals surface area contributed by atoms with Gasteiger partial charge in [0.05, 0.1) is 22.6 Å². The third-order valence-corrected chi connectivity index (χ3v) is 4.17. The summed E-state index contributed by atoms with van der Waals surface area (Å²) in [4.78, 5) is 4.19. The van der Waals surface area contributed by atoms with Crippen molar-refractivity contribution in [3.63, 3.8) is 0 Å². The van der Waals surface area contributed by atoms with Crippen molar-refractivity contribution in [3.8, 4) is 0 Å². The van der Waals surface area contributed by atoms with Crippen LogP contribution in [0, 0.1) is 12.7 Å². The first kappa shape index (κ1) is 16.1. The predicted molar refractivity (Wildman–Crippen MR) is 82.0 cm³/mol. The average molecular weight is 292 g/mol. The molecule has 0 atom stereocenters. The van der Waals surface area contributed by atoms with Gasteiger partial charge < -0.3 is 15.0 Å². The molecule has 2 N–H and O–H groups in total. The maximum Gasteiger partial charge on any atom is 0.491 e. The molecule has 0 radical (unpaired) electrons. The molecule has 0 unspecified atom stereocenters. The van der Waals surface area contributed by atoms with Gasteiger partial charge in [-0.25, -0.2) is 4.39 Å². The minimum absolute atomic E-state index is 0.287. The van der Waals surface area contributed by atoms with Crippen molar-refractivity contribution in [2.45, 2.75) is 45.8 Å². The summed E-state index contributed by atoms with van der Waals surface area (Å²) in [6.07, 6.45) is 1.80. The number of rotatable bonds is 3. The molecule has 1 aliphatic rings. The molecule has 6 heteroatoms. The molecule has 0 spiro atoms. The third kappa shape index (κ3) is 3.17. The summed E-state index contributed by atoms with van der Waals surface area (Å²) in [6.45, 7) is 9.87. The molecule has 0 bridgehead atoms. The summed E-state index contributed by atoms with van der Waals surface area (Å²) in [6, 6.07) is 3.01. The van der Waals surface area contributed by atoms with Crippen molar-refractivity contribution in [2.75, 3.05) is 6.54 Å². The van der Waals surface area contributed by atoms with Crippen LogP contribution in [0.15, 0.2) is 17.6 Å². The zero-order chi connectivity index (χ0) is 15.8. The van der Waals surface area contributed by atoms with Crippen molar-refractivity contribution in [1.82, 2.24) is 4.98 Å². The van der Waals surface area contributed by atoms with E-state index in [1.54, 1.807) is 19.1 Å². The van der Waals surface area contributed by atoms with E-state index in [0.29, 0.717) is 11.4 Å². The van der Waals surface area contributed by atoms with Crippen LogP contribution < -0.4 is 5.73 Å². The Kier molecular flexibility index (Phi) is 4.24. The standard InChI is InChI=1S/C15H22BFN2O2/c1-10-13(17)7-6-12(19-10)8-11(9-18)16-20-14(2,3)15(4,5)21-16/h6-8H,9,18H2,1-5H3. The van der Waals surface area contributed by atoms with E-state index in [-0.39, 0.29) is 12.4 Å². The van der Waals surface area contributed by atoms with Crippen LogP contribution in [0.5, 0.6) is 0 Å². The number of nitrogens with zero attached hydrogens (tertiary/aromatic N) is 1. The highest BCUT2D eigenvalue weighted by Crippen LogP contribution is 2.38. The average Bonchev–Trinajstić information content (AvgIpc) is 2.59. The summed E-state index contributed by atoms with van der Waals surface area (Å²) in [5.74, 6) is -0.322. The lowest BCUT2D eigenvalue weighted by molar-refractivity contribution is 0.00578. The van der Waals surface area contributed by atoms with Gasteiger partial charge in [-0.1, -0.05) is 0 Å². The lowest BCUT2D eigenvalue weighted by Crippen LogP contribution is -2.41. The van der Waals surface area contributed by atoms with Crippen molar-refractivity contribution in [3.05, 3.63) is 34.8 Å². The largest absolute Gasteiger partial charge is 0.491 e. The molecule has 114 valence electrons. The first-order valence-corrected chi connectivity index (χ1v) is 7.05. The molecule has 21 heavy (non-hydrogen) atoms. The second-order valence-electron chi connectivity index (χ2n) is 6.31. The van der Waals surface area contributed by atoms with Gasteiger partial charge in [0.2, 0.25) is 0 Å². The highest BCUT2D eigenvalue weighted by Gasteiger charge is 2.52. The number of halogens is 1. The number of pyridine rings is 1. The topological polar surface area (TPSA) is 57.4 Å². The number of aromatic nitrogens is 1. The van der Waals surface area contributed by atoms with Crippen LogP contribution >= 0.6 is 0 Å². The molecule has 1 aliphatic heterocycles. The van der Waals surface area contributed by atoms with E-state index in [1.807, 2.05) is 27.7 Å². The Morgan fingerprint density at radius 3 is 2.33 bits per heavy atom. The Bertz CT molecular complexity index is 557. The van der Waals surface area contributed by atoms with Crippen molar-refractivity contribution in [1.29, 1.82) is 0 Å². The summed E-state index contributed by atoms with van der Waals surface area (Å²) < 4.78 is 25.2. The predicted octanol–water partition coefficient (Wildman–Crippen LogP) is 2.50. The Labute approximate surface area is 125 Å². The molecule has 2 heterocycles. The van der Waals surface area contributed by atoms with Crippen LogP contribution in [0.1, 0.15) is 39.1 Å². The molecule has 2 rings (SSSR count). The summed E-state index contributed by atoms with van der Waals surface area (Å²) in [7, 11) is -0.507. The highest BCUT2D eigenvalue weighted by molar-refractivity contribution is 6.55. The van der Waals surface area contributed by atoms with Crippen LogP contribution in [0.3, 0.4) is 0 Å². The zero-order valence-corrected chi connectivity index (χ0v) is 13.2. The van der Waals surface area contributed by atoms with E-state index >= 15 is 0 Å². The minimum Gasteiger partial charge on any atom is -0.400 e. The summed E-state index contributed by atoms with van der Waals surface area (Å²) >= 11 is 0. The van der Waals surface area contributed by atoms with E-state index in [9.17, 15) is 4.39 Å². The highest BCUT2D eigenvalue weighted by atomic mass is 19.1. The van der Waals surface area contributed by atoms with Gasteiger partial charge in [-0.15, -0.1) is 0 Å². The van der Waals surface area contributed by atoms with Crippen molar-refractivity contribution < 1.29 is 13.7 Å². The SMILES string of the molecule is Cc1nc(C=C(CN)B2OC(C)(C)C(C)(C)O2)ccc1F. The molecule has 1 saturated heterocycles. The lowest BCUT2D eigenvalue weighted by Gasteiger charge is -2.32. The molecule has 0 aliphatic carbocycles. The summed E-state index contributed by atoms with van der Waals surface area (Å²) in [5.41, 5.74) is 6.76. The van der Waals surface area contributed by atoms with Gasteiger partial charge >= 0.3 is 7.12 Å². The second kappa shape index (κ2) is 5.52. The van der Waals surface area contributed by atoms with Crippen LogP contribution in [0.25, 0.3) is 6.08 Å². The van der Waals surface area contributed by atoms with Gasteiger partial charge in [0.25, 0.3) is 0 Å². The van der Waals surface area contributed by atoms with Crippen LogP contribution in [-0.4, -0.2) is 29.8 Å².